The van der Waals surface area contributed by atoms with Gasteiger partial charge in [0.1, 0.15) is 6.10 Å². The van der Waals surface area contributed by atoms with Crippen molar-refractivity contribution in [2.45, 2.75) is 109 Å². The molecule has 0 saturated carbocycles. The number of hydrogen-bond acceptors (Lipinski definition) is 6. The molecule has 0 unspecified atom stereocenters. The molecule has 0 aromatic carbocycles. The molecule has 158 valence electrons. The van der Waals surface area contributed by atoms with E-state index in [4.69, 9.17) is 9.47 Å². The van der Waals surface area contributed by atoms with Crippen molar-refractivity contribution < 1.29 is 29.6 Å². The van der Waals surface area contributed by atoms with Crippen molar-refractivity contribution in [2.24, 2.45) is 0 Å². The zero-order valence-corrected chi connectivity index (χ0v) is 16.7. The molecular weight excluding hydrogens is 348 g/mol. The number of carboxylic acid groups (broad SMARTS) is 1. The number of carboxylic acids is 1. The molecule has 1 saturated heterocycles. The van der Waals surface area contributed by atoms with Gasteiger partial charge in [0.25, 0.3) is 0 Å². The van der Waals surface area contributed by atoms with Crippen LogP contribution in [0.3, 0.4) is 0 Å². The molecular formula is C21H37O6-. The maximum Gasteiger partial charge on any atom is 0.183 e. The first-order chi connectivity index (χ1) is 13.0. The summed E-state index contributed by atoms with van der Waals surface area (Å²) in [7, 11) is 0. The van der Waals surface area contributed by atoms with E-state index in [1.807, 2.05) is 0 Å². The number of aliphatic hydroxyl groups excluding tert-OH is 2. The lowest BCUT2D eigenvalue weighted by Crippen LogP contribution is -2.47. The topological polar surface area (TPSA) is 99.1 Å². The first-order valence-corrected chi connectivity index (χ1v) is 10.5. The van der Waals surface area contributed by atoms with Crippen molar-refractivity contribution in [3.05, 3.63) is 12.2 Å². The molecule has 1 heterocycles. The maximum atomic E-state index is 10.2. The van der Waals surface area contributed by atoms with Crippen LogP contribution in [0.4, 0.5) is 0 Å². The molecule has 2 N–H and O–H groups in total. The van der Waals surface area contributed by atoms with Gasteiger partial charge in [-0.3, -0.25) is 0 Å². The largest absolute Gasteiger partial charge is 0.545 e. The highest BCUT2D eigenvalue weighted by atomic mass is 16.7. The third-order valence-electron chi connectivity index (χ3n) is 4.99. The number of carbonyl (C=O) groups excluding carboxylic acids is 1. The minimum absolute atomic E-state index is 0.295. The maximum absolute atomic E-state index is 10.2. The van der Waals surface area contributed by atoms with Gasteiger partial charge in [0.2, 0.25) is 0 Å². The standard InChI is InChI=1S/C21H38O6/c1-17-18(22)16-19(23)21(27-17)26-15-13-11-9-7-5-3-2-4-6-8-10-12-14-20(24)25/h12,14,17-19,21-23H,2-11,13,15-16H2,1H3,(H,24,25)/p-1/b14-12+/t17-,18+,19+,21+/m0/s1. The Labute approximate surface area is 163 Å². The predicted molar refractivity (Wildman–Crippen MR) is 102 cm³/mol. The summed E-state index contributed by atoms with van der Waals surface area (Å²) >= 11 is 0. The SMILES string of the molecule is C[C@@H]1O[C@@H](OCCCCCCCCCCCC/C=C/C(=O)[O-])[C@H](O)C[C@H]1O. The van der Waals surface area contributed by atoms with Gasteiger partial charge in [0, 0.05) is 13.0 Å². The number of allylic oxidation sites excluding steroid dienone is 1. The van der Waals surface area contributed by atoms with Crippen LogP contribution in [0.2, 0.25) is 0 Å². The van der Waals surface area contributed by atoms with Gasteiger partial charge in [-0.15, -0.1) is 0 Å². The van der Waals surface area contributed by atoms with E-state index in [0.717, 1.165) is 38.2 Å². The molecule has 0 aromatic heterocycles. The molecule has 0 spiro atoms. The molecule has 0 aromatic rings. The molecule has 6 heteroatoms. The third-order valence-corrected chi connectivity index (χ3v) is 4.99. The summed E-state index contributed by atoms with van der Waals surface area (Å²) < 4.78 is 11.1. The summed E-state index contributed by atoms with van der Waals surface area (Å²) in [6, 6.07) is 0. The fraction of sp³-hybridized carbons (Fsp3) is 0.857. The van der Waals surface area contributed by atoms with E-state index in [0.29, 0.717) is 13.0 Å². The zero-order chi connectivity index (χ0) is 19.9. The average Bonchev–Trinajstić information content (AvgIpc) is 2.62. The number of unbranched alkanes of at least 4 members (excludes halogenated alkanes) is 10. The summed E-state index contributed by atoms with van der Waals surface area (Å²) in [5.74, 6) is -1.11. The zero-order valence-electron chi connectivity index (χ0n) is 16.7. The van der Waals surface area contributed by atoms with Gasteiger partial charge in [-0.2, -0.15) is 0 Å². The van der Waals surface area contributed by atoms with Gasteiger partial charge < -0.3 is 29.6 Å². The molecule has 1 fully saturated rings. The summed E-state index contributed by atoms with van der Waals surface area (Å²) in [6.45, 7) is 2.37. The first kappa shape index (κ1) is 24.1. The molecule has 1 aliphatic rings. The van der Waals surface area contributed by atoms with E-state index < -0.39 is 24.5 Å². The van der Waals surface area contributed by atoms with Crippen molar-refractivity contribution in [1.29, 1.82) is 0 Å². The van der Waals surface area contributed by atoms with Crippen molar-refractivity contribution in [3.63, 3.8) is 0 Å². The second-order valence-corrected chi connectivity index (χ2v) is 7.50. The normalized spacial score (nSPS) is 25.9. The number of aliphatic hydroxyl groups is 2. The highest BCUT2D eigenvalue weighted by molar-refractivity contribution is 5.77. The molecule has 27 heavy (non-hydrogen) atoms. The number of aliphatic carboxylic acids is 1. The van der Waals surface area contributed by atoms with Crippen molar-refractivity contribution in [3.8, 4) is 0 Å². The first-order valence-electron chi connectivity index (χ1n) is 10.5. The van der Waals surface area contributed by atoms with Gasteiger partial charge in [0.15, 0.2) is 6.29 Å². The number of hydrogen-bond donors (Lipinski definition) is 2. The van der Waals surface area contributed by atoms with Crippen LogP contribution < -0.4 is 5.11 Å². The van der Waals surface area contributed by atoms with E-state index in [1.54, 1.807) is 13.0 Å². The smallest absolute Gasteiger partial charge is 0.183 e. The van der Waals surface area contributed by atoms with E-state index in [2.05, 4.69) is 0 Å². The molecule has 0 radical (unpaired) electrons. The lowest BCUT2D eigenvalue weighted by Gasteiger charge is -2.35. The number of carbonyl (C=O) groups is 1. The van der Waals surface area contributed by atoms with Crippen molar-refractivity contribution in [2.75, 3.05) is 6.61 Å². The Balaban J connectivity index is 1.82. The Morgan fingerprint density at radius 1 is 1.00 bits per heavy atom. The Bertz CT molecular complexity index is 411. The van der Waals surface area contributed by atoms with Crippen LogP contribution in [0.15, 0.2) is 12.2 Å². The predicted octanol–water partition coefficient (Wildman–Crippen LogP) is 2.46. The molecule has 0 bridgehead atoms. The molecule has 0 amide bonds. The van der Waals surface area contributed by atoms with Crippen LogP contribution in [-0.4, -0.2) is 47.4 Å². The monoisotopic (exact) mass is 385 g/mol. The molecule has 6 nitrogen and oxygen atoms in total. The minimum Gasteiger partial charge on any atom is -0.545 e. The molecule has 1 rings (SSSR count). The van der Waals surface area contributed by atoms with Crippen LogP contribution in [0.1, 0.15) is 84.0 Å². The fourth-order valence-corrected chi connectivity index (χ4v) is 3.25. The summed E-state index contributed by atoms with van der Waals surface area (Å²) in [4.78, 5) is 10.2. The van der Waals surface area contributed by atoms with E-state index >= 15 is 0 Å². The Morgan fingerprint density at radius 3 is 2.15 bits per heavy atom. The second-order valence-electron chi connectivity index (χ2n) is 7.50. The van der Waals surface area contributed by atoms with Crippen LogP contribution in [0, 0.1) is 0 Å². The molecule has 0 aliphatic carbocycles. The highest BCUT2D eigenvalue weighted by Gasteiger charge is 2.34. The van der Waals surface area contributed by atoms with Crippen LogP contribution in [-0.2, 0) is 14.3 Å². The summed E-state index contributed by atoms with van der Waals surface area (Å²) in [5, 5.41) is 29.7. The fourth-order valence-electron chi connectivity index (χ4n) is 3.25. The summed E-state index contributed by atoms with van der Waals surface area (Å²) in [5.41, 5.74) is 0. The van der Waals surface area contributed by atoms with Crippen LogP contribution in [0.25, 0.3) is 0 Å². The summed E-state index contributed by atoms with van der Waals surface area (Å²) in [6.07, 6.45) is 13.3. The van der Waals surface area contributed by atoms with Crippen LogP contribution >= 0.6 is 0 Å². The average molecular weight is 386 g/mol. The number of ether oxygens (including phenoxy) is 2. The molecule has 1 aliphatic heterocycles. The van der Waals surface area contributed by atoms with Crippen molar-refractivity contribution in [1.82, 2.24) is 0 Å². The van der Waals surface area contributed by atoms with Gasteiger partial charge >= 0.3 is 0 Å². The van der Waals surface area contributed by atoms with Crippen LogP contribution in [0.5, 0.6) is 0 Å². The molecule has 4 atom stereocenters. The Morgan fingerprint density at radius 2 is 1.56 bits per heavy atom. The van der Waals surface area contributed by atoms with Gasteiger partial charge in [0.05, 0.1) is 18.2 Å². The van der Waals surface area contributed by atoms with Gasteiger partial charge in [-0.1, -0.05) is 57.4 Å². The third kappa shape index (κ3) is 12.2. The minimum atomic E-state index is -1.11. The van der Waals surface area contributed by atoms with E-state index in [9.17, 15) is 20.1 Å². The van der Waals surface area contributed by atoms with E-state index in [1.165, 1.54) is 38.5 Å². The number of rotatable bonds is 15. The Hall–Kier alpha value is -0.950. The second kappa shape index (κ2) is 15.0. The highest BCUT2D eigenvalue weighted by Crippen LogP contribution is 2.21. The lowest BCUT2D eigenvalue weighted by molar-refractivity contribution is -0.297. The van der Waals surface area contributed by atoms with Gasteiger partial charge in [-0.25, -0.2) is 0 Å². The van der Waals surface area contributed by atoms with Gasteiger partial charge in [-0.05, 0) is 32.3 Å². The Kier molecular flexibility index (Phi) is 13.4. The van der Waals surface area contributed by atoms with Crippen molar-refractivity contribution >= 4 is 5.97 Å². The lowest BCUT2D eigenvalue weighted by atomic mass is 10.0. The quantitative estimate of drug-likeness (QED) is 0.332. The van der Waals surface area contributed by atoms with E-state index in [-0.39, 0.29) is 6.10 Å².